The van der Waals surface area contributed by atoms with Gasteiger partial charge in [0.15, 0.2) is 5.82 Å². The van der Waals surface area contributed by atoms with Crippen LogP contribution in [-0.4, -0.2) is 16.5 Å². The van der Waals surface area contributed by atoms with Crippen molar-refractivity contribution in [1.82, 2.24) is 9.97 Å². The Morgan fingerprint density at radius 1 is 1.21 bits per heavy atom. The summed E-state index contributed by atoms with van der Waals surface area (Å²) in [7, 11) is 0. The zero-order chi connectivity index (χ0) is 13.7. The van der Waals surface area contributed by atoms with Crippen LogP contribution in [0.25, 0.3) is 0 Å². The summed E-state index contributed by atoms with van der Waals surface area (Å²) >= 11 is 6.01. The topological polar surface area (TPSA) is 49.8 Å². The van der Waals surface area contributed by atoms with E-state index < -0.39 is 0 Å². The summed E-state index contributed by atoms with van der Waals surface area (Å²) in [5.41, 5.74) is 0.945. The molecule has 0 atom stereocenters. The lowest BCUT2D eigenvalue weighted by molar-refractivity contribution is 0.627. The molecule has 0 unspecified atom stereocenters. The fourth-order valence-electron chi connectivity index (χ4n) is 1.52. The summed E-state index contributed by atoms with van der Waals surface area (Å²) in [5, 5.41) is 6.56. The smallest absolute Gasteiger partial charge is 0.224 e. The van der Waals surface area contributed by atoms with Gasteiger partial charge in [-0.2, -0.15) is 4.98 Å². The maximum atomic E-state index is 12.8. The maximum absolute atomic E-state index is 12.8. The van der Waals surface area contributed by atoms with E-state index in [1.54, 1.807) is 18.3 Å². The van der Waals surface area contributed by atoms with Crippen LogP contribution >= 0.6 is 11.6 Å². The first-order valence-corrected chi connectivity index (χ1v) is 6.31. The molecule has 19 heavy (non-hydrogen) atoms. The molecule has 1 aromatic heterocycles. The first-order chi connectivity index (χ1) is 9.19. The molecule has 4 nitrogen and oxygen atoms in total. The molecule has 1 aromatic carbocycles. The van der Waals surface area contributed by atoms with Gasteiger partial charge in [-0.25, -0.2) is 9.37 Å². The minimum Gasteiger partial charge on any atom is -0.365 e. The van der Waals surface area contributed by atoms with Crippen molar-refractivity contribution in [3.63, 3.8) is 0 Å². The molecule has 0 radical (unpaired) electrons. The molecule has 100 valence electrons. The van der Waals surface area contributed by atoms with Gasteiger partial charge in [0, 0.05) is 13.1 Å². The summed E-state index contributed by atoms with van der Waals surface area (Å²) in [6.45, 7) is 3.21. The minimum atomic E-state index is -0.252. The second-order valence-electron chi connectivity index (χ2n) is 3.90. The van der Waals surface area contributed by atoms with Crippen molar-refractivity contribution in [2.24, 2.45) is 0 Å². The van der Waals surface area contributed by atoms with Crippen LogP contribution in [0.1, 0.15) is 12.5 Å². The van der Waals surface area contributed by atoms with E-state index in [4.69, 9.17) is 11.6 Å². The molecule has 2 N–H and O–H groups in total. The fourth-order valence-corrected chi connectivity index (χ4v) is 1.68. The molecule has 0 amide bonds. The van der Waals surface area contributed by atoms with E-state index >= 15 is 0 Å². The summed E-state index contributed by atoms with van der Waals surface area (Å²) in [6.07, 6.45) is 1.54. The van der Waals surface area contributed by atoms with E-state index in [0.29, 0.717) is 23.3 Å². The van der Waals surface area contributed by atoms with Crippen LogP contribution in [0.5, 0.6) is 0 Å². The van der Waals surface area contributed by atoms with Crippen molar-refractivity contribution in [1.29, 1.82) is 0 Å². The summed E-state index contributed by atoms with van der Waals surface area (Å²) < 4.78 is 12.8. The van der Waals surface area contributed by atoms with E-state index in [1.807, 2.05) is 6.92 Å². The minimum absolute atomic E-state index is 0.252. The van der Waals surface area contributed by atoms with Crippen LogP contribution in [0.3, 0.4) is 0 Å². The number of hydrogen-bond donors (Lipinski definition) is 2. The number of nitrogens with one attached hydrogen (secondary N) is 2. The highest BCUT2D eigenvalue weighted by Gasteiger charge is 2.04. The molecule has 0 aliphatic heterocycles. The van der Waals surface area contributed by atoms with Crippen molar-refractivity contribution in [3.8, 4) is 0 Å². The van der Waals surface area contributed by atoms with Gasteiger partial charge in [-0.15, -0.1) is 0 Å². The molecule has 0 saturated heterocycles. The first kappa shape index (κ1) is 13.5. The number of rotatable bonds is 5. The maximum Gasteiger partial charge on any atom is 0.224 e. The number of hydrogen-bond acceptors (Lipinski definition) is 4. The van der Waals surface area contributed by atoms with E-state index in [9.17, 15) is 4.39 Å². The predicted molar refractivity (Wildman–Crippen MR) is 74.9 cm³/mol. The van der Waals surface area contributed by atoms with E-state index in [-0.39, 0.29) is 5.82 Å². The van der Waals surface area contributed by atoms with E-state index in [1.165, 1.54) is 12.1 Å². The molecule has 2 aromatic rings. The molecule has 0 spiro atoms. The second-order valence-corrected chi connectivity index (χ2v) is 4.31. The Morgan fingerprint density at radius 2 is 1.95 bits per heavy atom. The van der Waals surface area contributed by atoms with Crippen molar-refractivity contribution in [2.75, 3.05) is 17.2 Å². The number of aromatic nitrogens is 2. The van der Waals surface area contributed by atoms with Gasteiger partial charge in [0.1, 0.15) is 10.8 Å². The van der Waals surface area contributed by atoms with Gasteiger partial charge in [-0.3, -0.25) is 0 Å². The zero-order valence-corrected chi connectivity index (χ0v) is 11.2. The van der Waals surface area contributed by atoms with Gasteiger partial charge in [-0.05, 0) is 24.6 Å². The third-order valence-electron chi connectivity index (χ3n) is 2.45. The Kier molecular flexibility index (Phi) is 4.52. The SMILES string of the molecule is CCNc1ncc(Cl)c(NCc2ccc(F)cc2)n1. The van der Waals surface area contributed by atoms with Crippen LogP contribution in [-0.2, 0) is 6.54 Å². The van der Waals surface area contributed by atoms with Gasteiger partial charge in [0.2, 0.25) is 5.95 Å². The lowest BCUT2D eigenvalue weighted by atomic mass is 10.2. The number of benzene rings is 1. The summed E-state index contributed by atoms with van der Waals surface area (Å²) in [4.78, 5) is 8.31. The molecule has 0 fully saturated rings. The average Bonchev–Trinajstić information content (AvgIpc) is 2.41. The van der Waals surface area contributed by atoms with Gasteiger partial charge in [-0.1, -0.05) is 23.7 Å². The van der Waals surface area contributed by atoms with Gasteiger partial charge in [0.05, 0.1) is 6.20 Å². The van der Waals surface area contributed by atoms with Gasteiger partial charge < -0.3 is 10.6 Å². The predicted octanol–water partition coefficient (Wildman–Crippen LogP) is 3.31. The highest BCUT2D eigenvalue weighted by atomic mass is 35.5. The molecular formula is C13H14ClFN4. The molecule has 2 rings (SSSR count). The lowest BCUT2D eigenvalue weighted by Gasteiger charge is -2.09. The van der Waals surface area contributed by atoms with Crippen LogP contribution in [0.15, 0.2) is 30.5 Å². The third-order valence-corrected chi connectivity index (χ3v) is 2.73. The highest BCUT2D eigenvalue weighted by molar-refractivity contribution is 6.32. The van der Waals surface area contributed by atoms with Crippen molar-refractivity contribution >= 4 is 23.4 Å². The molecule has 0 bridgehead atoms. The summed E-state index contributed by atoms with van der Waals surface area (Å²) in [6, 6.07) is 6.26. The zero-order valence-electron chi connectivity index (χ0n) is 10.5. The normalized spacial score (nSPS) is 10.3. The molecular weight excluding hydrogens is 267 g/mol. The Morgan fingerprint density at radius 3 is 2.63 bits per heavy atom. The molecule has 0 aliphatic carbocycles. The van der Waals surface area contributed by atoms with Crippen molar-refractivity contribution in [2.45, 2.75) is 13.5 Å². The fraction of sp³-hybridized carbons (Fsp3) is 0.231. The largest absolute Gasteiger partial charge is 0.365 e. The van der Waals surface area contributed by atoms with Crippen LogP contribution < -0.4 is 10.6 Å². The second kappa shape index (κ2) is 6.33. The van der Waals surface area contributed by atoms with Gasteiger partial charge in [0.25, 0.3) is 0 Å². The summed E-state index contributed by atoms with van der Waals surface area (Å²) in [5.74, 6) is 0.823. The Hall–Kier alpha value is -1.88. The van der Waals surface area contributed by atoms with Crippen molar-refractivity contribution < 1.29 is 4.39 Å². The van der Waals surface area contributed by atoms with Crippen LogP contribution in [0.4, 0.5) is 16.2 Å². The molecule has 0 aliphatic rings. The lowest BCUT2D eigenvalue weighted by Crippen LogP contribution is -2.07. The Balaban J connectivity index is 2.05. The molecule has 1 heterocycles. The average molecular weight is 281 g/mol. The quantitative estimate of drug-likeness (QED) is 0.882. The van der Waals surface area contributed by atoms with Crippen LogP contribution in [0.2, 0.25) is 5.02 Å². The molecule has 0 saturated carbocycles. The van der Waals surface area contributed by atoms with Crippen molar-refractivity contribution in [3.05, 3.63) is 46.9 Å². The number of halogens is 2. The standard InChI is InChI=1S/C13H14ClFN4/c1-2-16-13-18-8-11(14)12(19-13)17-7-9-3-5-10(15)6-4-9/h3-6,8H,2,7H2,1H3,(H2,16,17,18,19). The van der Waals surface area contributed by atoms with Crippen LogP contribution in [0, 0.1) is 5.82 Å². The number of nitrogens with zero attached hydrogens (tertiary/aromatic N) is 2. The Bertz CT molecular complexity index is 545. The monoisotopic (exact) mass is 280 g/mol. The third kappa shape index (κ3) is 3.79. The van der Waals surface area contributed by atoms with E-state index in [0.717, 1.165) is 12.1 Å². The Labute approximate surface area is 116 Å². The van der Waals surface area contributed by atoms with E-state index in [2.05, 4.69) is 20.6 Å². The van der Waals surface area contributed by atoms with Gasteiger partial charge >= 0.3 is 0 Å². The number of anilines is 2. The first-order valence-electron chi connectivity index (χ1n) is 5.93. The molecule has 6 heteroatoms. The highest BCUT2D eigenvalue weighted by Crippen LogP contribution is 2.20.